The van der Waals surface area contributed by atoms with Crippen LogP contribution in [-0.4, -0.2) is 38.0 Å². The molecule has 1 atom stereocenters. The maximum atomic E-state index is 12.3. The third-order valence-corrected chi connectivity index (χ3v) is 5.54. The molecule has 0 radical (unpaired) electrons. The van der Waals surface area contributed by atoms with Crippen LogP contribution in [0.4, 0.5) is 0 Å². The standard InChI is InChI=1S/C15H21ClN2O3S/c1-11(13-4-3-5-14(16)10-13)17-15(19)12-6-8-18(9-7-12)22(2,20)21/h3-5,10-12H,6-9H2,1-2H3,(H,17,19). The van der Waals surface area contributed by atoms with E-state index in [1.54, 1.807) is 6.07 Å². The Balaban J connectivity index is 1.91. The molecule has 1 N–H and O–H groups in total. The molecular formula is C15H21ClN2O3S. The van der Waals surface area contributed by atoms with Crippen molar-refractivity contribution in [3.05, 3.63) is 34.9 Å². The first-order valence-electron chi connectivity index (χ1n) is 7.28. The summed E-state index contributed by atoms with van der Waals surface area (Å²) >= 11 is 5.96. The smallest absolute Gasteiger partial charge is 0.223 e. The van der Waals surface area contributed by atoms with E-state index in [-0.39, 0.29) is 17.9 Å². The quantitative estimate of drug-likeness (QED) is 0.910. The van der Waals surface area contributed by atoms with Gasteiger partial charge in [0, 0.05) is 24.0 Å². The molecule has 0 spiro atoms. The van der Waals surface area contributed by atoms with Crippen molar-refractivity contribution >= 4 is 27.5 Å². The van der Waals surface area contributed by atoms with Gasteiger partial charge in [-0.25, -0.2) is 12.7 Å². The summed E-state index contributed by atoms with van der Waals surface area (Å²) in [7, 11) is -3.16. The average Bonchev–Trinajstić information content (AvgIpc) is 2.46. The second-order valence-electron chi connectivity index (χ2n) is 5.72. The highest BCUT2D eigenvalue weighted by molar-refractivity contribution is 7.88. The largest absolute Gasteiger partial charge is 0.349 e. The van der Waals surface area contributed by atoms with Gasteiger partial charge in [0.1, 0.15) is 0 Å². The van der Waals surface area contributed by atoms with E-state index in [4.69, 9.17) is 11.6 Å². The van der Waals surface area contributed by atoms with E-state index in [0.29, 0.717) is 31.0 Å². The molecule has 0 aromatic heterocycles. The number of hydrogen-bond acceptors (Lipinski definition) is 3. The fourth-order valence-corrected chi connectivity index (χ4v) is 3.71. The molecule has 1 amide bonds. The van der Waals surface area contributed by atoms with Crippen molar-refractivity contribution in [3.63, 3.8) is 0 Å². The number of piperidine rings is 1. The van der Waals surface area contributed by atoms with Crippen LogP contribution in [0.1, 0.15) is 31.4 Å². The van der Waals surface area contributed by atoms with Crippen molar-refractivity contribution in [3.8, 4) is 0 Å². The summed E-state index contributed by atoms with van der Waals surface area (Å²) in [5, 5.41) is 3.62. The van der Waals surface area contributed by atoms with Gasteiger partial charge >= 0.3 is 0 Å². The zero-order chi connectivity index (χ0) is 16.3. The fourth-order valence-electron chi connectivity index (χ4n) is 2.64. The summed E-state index contributed by atoms with van der Waals surface area (Å²) in [6.45, 7) is 2.72. The molecule has 1 unspecified atom stereocenters. The van der Waals surface area contributed by atoms with Crippen molar-refractivity contribution < 1.29 is 13.2 Å². The van der Waals surface area contributed by atoms with Gasteiger partial charge in [-0.15, -0.1) is 0 Å². The van der Waals surface area contributed by atoms with Gasteiger partial charge in [0.15, 0.2) is 0 Å². The zero-order valence-electron chi connectivity index (χ0n) is 12.8. The minimum absolute atomic E-state index is 0.0272. The van der Waals surface area contributed by atoms with Gasteiger partial charge in [0.2, 0.25) is 15.9 Å². The molecule has 2 rings (SSSR count). The van der Waals surface area contributed by atoms with Gasteiger partial charge in [-0.2, -0.15) is 0 Å². The number of carbonyl (C=O) groups is 1. The molecule has 1 fully saturated rings. The number of sulfonamides is 1. The maximum Gasteiger partial charge on any atom is 0.223 e. The van der Waals surface area contributed by atoms with Crippen LogP contribution >= 0.6 is 11.6 Å². The van der Waals surface area contributed by atoms with Crippen LogP contribution in [0.15, 0.2) is 24.3 Å². The number of benzene rings is 1. The van der Waals surface area contributed by atoms with Gasteiger partial charge in [-0.05, 0) is 37.5 Å². The molecule has 122 valence electrons. The lowest BCUT2D eigenvalue weighted by molar-refractivity contribution is -0.126. The van der Waals surface area contributed by atoms with E-state index in [2.05, 4.69) is 5.32 Å². The molecule has 1 aromatic carbocycles. The first kappa shape index (κ1) is 17.2. The van der Waals surface area contributed by atoms with Crippen LogP contribution < -0.4 is 5.32 Å². The Morgan fingerprint density at radius 1 is 1.36 bits per heavy atom. The number of nitrogens with zero attached hydrogens (tertiary/aromatic N) is 1. The summed E-state index contributed by atoms with van der Waals surface area (Å²) in [5.41, 5.74) is 0.953. The number of halogens is 1. The van der Waals surface area contributed by atoms with Crippen LogP contribution in [0, 0.1) is 5.92 Å². The Bertz CT molecular complexity index is 640. The number of hydrogen-bond donors (Lipinski definition) is 1. The summed E-state index contributed by atoms with van der Waals surface area (Å²) in [5.74, 6) is -0.166. The summed E-state index contributed by atoms with van der Waals surface area (Å²) < 4.78 is 24.4. The lowest BCUT2D eigenvalue weighted by atomic mass is 9.96. The third kappa shape index (κ3) is 4.44. The lowest BCUT2D eigenvalue weighted by Gasteiger charge is -2.30. The van der Waals surface area contributed by atoms with E-state index in [1.165, 1.54) is 10.6 Å². The molecule has 0 bridgehead atoms. The predicted molar refractivity (Wildman–Crippen MR) is 87.2 cm³/mol. The second-order valence-corrected chi connectivity index (χ2v) is 8.14. The average molecular weight is 345 g/mol. The van der Waals surface area contributed by atoms with Crippen LogP contribution in [0.2, 0.25) is 5.02 Å². The lowest BCUT2D eigenvalue weighted by Crippen LogP contribution is -2.43. The minimum Gasteiger partial charge on any atom is -0.349 e. The highest BCUT2D eigenvalue weighted by Gasteiger charge is 2.29. The van der Waals surface area contributed by atoms with E-state index in [0.717, 1.165) is 5.56 Å². The Labute approximate surface area is 136 Å². The van der Waals surface area contributed by atoms with Gasteiger partial charge in [-0.3, -0.25) is 4.79 Å². The SMILES string of the molecule is CC(NC(=O)C1CCN(S(C)(=O)=O)CC1)c1cccc(Cl)c1. The van der Waals surface area contributed by atoms with E-state index in [9.17, 15) is 13.2 Å². The molecule has 0 aliphatic carbocycles. The van der Waals surface area contributed by atoms with Crippen LogP contribution in [-0.2, 0) is 14.8 Å². The highest BCUT2D eigenvalue weighted by atomic mass is 35.5. The fraction of sp³-hybridized carbons (Fsp3) is 0.533. The number of carbonyl (C=O) groups excluding carboxylic acids is 1. The predicted octanol–water partition coefficient (Wildman–Crippen LogP) is 2.19. The van der Waals surface area contributed by atoms with Gasteiger partial charge in [-0.1, -0.05) is 23.7 Å². The van der Waals surface area contributed by atoms with Gasteiger partial charge < -0.3 is 5.32 Å². The molecular weight excluding hydrogens is 324 g/mol. The Hall–Kier alpha value is -1.11. The van der Waals surface area contributed by atoms with Crippen molar-refractivity contribution in [1.29, 1.82) is 0 Å². The molecule has 1 aromatic rings. The first-order valence-corrected chi connectivity index (χ1v) is 9.51. The van der Waals surface area contributed by atoms with Crippen molar-refractivity contribution in [2.45, 2.75) is 25.8 Å². The van der Waals surface area contributed by atoms with E-state index in [1.807, 2.05) is 25.1 Å². The monoisotopic (exact) mass is 344 g/mol. The molecule has 22 heavy (non-hydrogen) atoms. The molecule has 1 aliphatic rings. The Morgan fingerprint density at radius 2 is 2.00 bits per heavy atom. The maximum absolute atomic E-state index is 12.3. The van der Waals surface area contributed by atoms with Crippen LogP contribution in [0.3, 0.4) is 0 Å². The summed E-state index contributed by atoms with van der Waals surface area (Å²) in [6.07, 6.45) is 2.32. The summed E-state index contributed by atoms with van der Waals surface area (Å²) in [4.78, 5) is 12.3. The Kier molecular flexibility index (Phi) is 5.47. The van der Waals surface area contributed by atoms with Crippen molar-refractivity contribution in [1.82, 2.24) is 9.62 Å². The molecule has 1 heterocycles. The van der Waals surface area contributed by atoms with Crippen molar-refractivity contribution in [2.24, 2.45) is 5.92 Å². The van der Waals surface area contributed by atoms with E-state index < -0.39 is 10.0 Å². The number of rotatable bonds is 4. The van der Waals surface area contributed by atoms with Crippen LogP contribution in [0.5, 0.6) is 0 Å². The van der Waals surface area contributed by atoms with Crippen molar-refractivity contribution in [2.75, 3.05) is 19.3 Å². The molecule has 0 saturated carbocycles. The topological polar surface area (TPSA) is 66.5 Å². The van der Waals surface area contributed by atoms with E-state index >= 15 is 0 Å². The highest BCUT2D eigenvalue weighted by Crippen LogP contribution is 2.22. The van der Waals surface area contributed by atoms with Gasteiger partial charge in [0.25, 0.3) is 0 Å². The summed E-state index contributed by atoms with van der Waals surface area (Å²) in [6, 6.07) is 7.27. The second kappa shape index (κ2) is 6.98. The first-order chi connectivity index (χ1) is 10.3. The van der Waals surface area contributed by atoms with Gasteiger partial charge in [0.05, 0.1) is 12.3 Å². The minimum atomic E-state index is -3.16. The zero-order valence-corrected chi connectivity index (χ0v) is 14.3. The molecule has 5 nitrogen and oxygen atoms in total. The molecule has 7 heteroatoms. The Morgan fingerprint density at radius 3 is 2.55 bits per heavy atom. The number of amides is 1. The molecule has 1 saturated heterocycles. The molecule has 1 aliphatic heterocycles. The normalized spacial score (nSPS) is 18.9. The van der Waals surface area contributed by atoms with Crippen LogP contribution in [0.25, 0.3) is 0 Å². The third-order valence-electron chi connectivity index (χ3n) is 4.00. The number of nitrogens with one attached hydrogen (secondary N) is 1.